The number of carbonyl (C=O) groups is 1. The monoisotopic (exact) mass is 220 g/mol. The third-order valence-corrected chi connectivity index (χ3v) is 3.10. The molecule has 0 amide bonds. The summed E-state index contributed by atoms with van der Waals surface area (Å²) in [4.78, 5) is 11.3. The first-order chi connectivity index (χ1) is 7.68. The molecule has 0 spiro atoms. The number of rotatable bonds is 3. The molecule has 0 radical (unpaired) electrons. The zero-order chi connectivity index (χ0) is 11.5. The molecule has 1 saturated heterocycles. The number of hydrogen-bond acceptors (Lipinski definition) is 2. The summed E-state index contributed by atoms with van der Waals surface area (Å²) in [5, 5.41) is 9.32. The van der Waals surface area contributed by atoms with E-state index in [9.17, 15) is 9.90 Å². The molecule has 1 fully saturated rings. The molecule has 1 aliphatic rings. The van der Waals surface area contributed by atoms with Gasteiger partial charge in [-0.1, -0.05) is 29.8 Å². The second-order valence-corrected chi connectivity index (χ2v) is 4.35. The van der Waals surface area contributed by atoms with Crippen LogP contribution in [-0.4, -0.2) is 24.3 Å². The van der Waals surface area contributed by atoms with E-state index < -0.39 is 11.9 Å². The smallest absolute Gasteiger partial charge is 0.311 e. The van der Waals surface area contributed by atoms with E-state index in [1.807, 2.05) is 31.2 Å². The summed E-state index contributed by atoms with van der Waals surface area (Å²) >= 11 is 0. The Kier molecular flexibility index (Phi) is 3.25. The lowest BCUT2D eigenvalue weighted by Gasteiger charge is -2.18. The van der Waals surface area contributed by atoms with Crippen molar-refractivity contribution in [3.63, 3.8) is 0 Å². The Morgan fingerprint density at radius 1 is 1.56 bits per heavy atom. The van der Waals surface area contributed by atoms with Gasteiger partial charge in [0.15, 0.2) is 0 Å². The van der Waals surface area contributed by atoms with Crippen LogP contribution in [0.4, 0.5) is 0 Å². The molecule has 1 N–H and O–H groups in total. The van der Waals surface area contributed by atoms with Crippen LogP contribution >= 0.6 is 0 Å². The largest absolute Gasteiger partial charge is 0.481 e. The van der Waals surface area contributed by atoms with Crippen molar-refractivity contribution in [1.82, 2.24) is 0 Å². The molecular formula is C13H16O3. The second-order valence-electron chi connectivity index (χ2n) is 4.35. The maximum atomic E-state index is 11.3. The van der Waals surface area contributed by atoms with Gasteiger partial charge in [-0.2, -0.15) is 0 Å². The van der Waals surface area contributed by atoms with Crippen molar-refractivity contribution in [1.29, 1.82) is 0 Å². The van der Waals surface area contributed by atoms with E-state index >= 15 is 0 Å². The Morgan fingerprint density at radius 2 is 2.38 bits per heavy atom. The lowest BCUT2D eigenvalue weighted by Crippen LogP contribution is -2.21. The molecule has 1 aromatic rings. The van der Waals surface area contributed by atoms with Gasteiger partial charge in [-0.05, 0) is 18.9 Å². The molecule has 3 nitrogen and oxygen atoms in total. The lowest BCUT2D eigenvalue weighted by molar-refractivity contribution is -0.140. The van der Waals surface area contributed by atoms with Crippen LogP contribution in [0.3, 0.4) is 0 Å². The average Bonchev–Trinajstić information content (AvgIpc) is 2.71. The van der Waals surface area contributed by atoms with Crippen molar-refractivity contribution < 1.29 is 14.6 Å². The molecule has 2 atom stereocenters. The van der Waals surface area contributed by atoms with E-state index in [4.69, 9.17) is 4.74 Å². The van der Waals surface area contributed by atoms with Crippen molar-refractivity contribution in [2.75, 3.05) is 13.2 Å². The topological polar surface area (TPSA) is 46.5 Å². The number of aryl methyl sites for hydroxylation is 1. The van der Waals surface area contributed by atoms with Crippen LogP contribution in [0.25, 0.3) is 0 Å². The van der Waals surface area contributed by atoms with Crippen molar-refractivity contribution in [3.05, 3.63) is 35.4 Å². The van der Waals surface area contributed by atoms with Gasteiger partial charge >= 0.3 is 5.97 Å². The number of carboxylic acids is 1. The number of aliphatic carboxylic acids is 1. The number of benzene rings is 1. The molecular weight excluding hydrogens is 204 g/mol. The van der Waals surface area contributed by atoms with Gasteiger partial charge in [-0.25, -0.2) is 0 Å². The minimum absolute atomic E-state index is 0.110. The van der Waals surface area contributed by atoms with Crippen molar-refractivity contribution >= 4 is 5.97 Å². The predicted octanol–water partition coefficient (Wildman–Crippen LogP) is 2.20. The van der Waals surface area contributed by atoms with Gasteiger partial charge in [0.25, 0.3) is 0 Å². The minimum atomic E-state index is -0.749. The molecule has 0 bridgehead atoms. The molecule has 1 aromatic carbocycles. The summed E-state index contributed by atoms with van der Waals surface area (Å²) in [6, 6.07) is 7.74. The highest BCUT2D eigenvalue weighted by atomic mass is 16.5. The molecule has 3 heteroatoms. The van der Waals surface area contributed by atoms with Crippen molar-refractivity contribution in [2.45, 2.75) is 19.3 Å². The van der Waals surface area contributed by atoms with Gasteiger partial charge in [0.05, 0.1) is 12.5 Å². The highest BCUT2D eigenvalue weighted by molar-refractivity contribution is 5.76. The van der Waals surface area contributed by atoms with E-state index in [0.717, 1.165) is 17.5 Å². The third-order valence-electron chi connectivity index (χ3n) is 3.10. The van der Waals surface area contributed by atoms with Crippen LogP contribution in [-0.2, 0) is 9.53 Å². The first-order valence-corrected chi connectivity index (χ1v) is 5.55. The zero-order valence-electron chi connectivity index (χ0n) is 9.35. The summed E-state index contributed by atoms with van der Waals surface area (Å²) in [6.07, 6.45) is 0.838. The summed E-state index contributed by atoms with van der Waals surface area (Å²) in [5.41, 5.74) is 1.99. The highest BCUT2D eigenvalue weighted by Gasteiger charge is 2.32. The molecule has 0 aromatic heterocycles. The molecule has 2 rings (SSSR count). The normalized spacial score (nSPS) is 21.9. The Hall–Kier alpha value is -1.35. The fraction of sp³-hybridized carbons (Fsp3) is 0.462. The molecule has 0 saturated carbocycles. The quantitative estimate of drug-likeness (QED) is 0.849. The van der Waals surface area contributed by atoms with Crippen LogP contribution in [0.2, 0.25) is 0 Å². The molecule has 0 aliphatic carbocycles. The second kappa shape index (κ2) is 4.66. The van der Waals surface area contributed by atoms with E-state index in [0.29, 0.717) is 13.2 Å². The Labute approximate surface area is 95.0 Å². The fourth-order valence-corrected chi connectivity index (χ4v) is 2.30. The number of hydrogen-bond donors (Lipinski definition) is 1. The van der Waals surface area contributed by atoms with Gasteiger partial charge in [0.1, 0.15) is 0 Å². The zero-order valence-corrected chi connectivity index (χ0v) is 9.35. The molecule has 1 aliphatic heterocycles. The molecule has 16 heavy (non-hydrogen) atoms. The van der Waals surface area contributed by atoms with E-state index in [2.05, 4.69) is 0 Å². The highest BCUT2D eigenvalue weighted by Crippen LogP contribution is 2.31. The van der Waals surface area contributed by atoms with Gasteiger partial charge in [-0.15, -0.1) is 0 Å². The molecule has 2 unspecified atom stereocenters. The summed E-state index contributed by atoms with van der Waals surface area (Å²) in [6.45, 7) is 3.22. The van der Waals surface area contributed by atoms with Crippen molar-refractivity contribution in [2.24, 2.45) is 5.92 Å². The van der Waals surface area contributed by atoms with Gasteiger partial charge < -0.3 is 9.84 Å². The lowest BCUT2D eigenvalue weighted by atomic mass is 9.85. The standard InChI is InChI=1S/C13H16O3/c1-9-3-2-4-10(7-9)12(13(14)15)11-5-6-16-8-11/h2-4,7,11-12H,5-6,8H2,1H3,(H,14,15). The third kappa shape index (κ3) is 2.25. The van der Waals surface area contributed by atoms with Gasteiger partial charge in [-0.3, -0.25) is 4.79 Å². The van der Waals surface area contributed by atoms with Gasteiger partial charge in [0.2, 0.25) is 0 Å². The first-order valence-electron chi connectivity index (χ1n) is 5.55. The van der Waals surface area contributed by atoms with Gasteiger partial charge in [0, 0.05) is 12.5 Å². The fourth-order valence-electron chi connectivity index (χ4n) is 2.30. The predicted molar refractivity (Wildman–Crippen MR) is 60.5 cm³/mol. The van der Waals surface area contributed by atoms with Crippen LogP contribution in [0.1, 0.15) is 23.5 Å². The van der Waals surface area contributed by atoms with Crippen LogP contribution < -0.4 is 0 Å². The Morgan fingerprint density at radius 3 is 2.94 bits per heavy atom. The summed E-state index contributed by atoms with van der Waals surface area (Å²) < 4.78 is 5.28. The number of ether oxygens (including phenoxy) is 1. The molecule has 86 valence electrons. The Bertz CT molecular complexity index is 381. The first kappa shape index (κ1) is 11.1. The summed E-state index contributed by atoms with van der Waals surface area (Å²) in [5.74, 6) is -1.07. The van der Waals surface area contributed by atoms with Crippen LogP contribution in [0.15, 0.2) is 24.3 Å². The number of carboxylic acid groups (broad SMARTS) is 1. The van der Waals surface area contributed by atoms with Crippen molar-refractivity contribution in [3.8, 4) is 0 Å². The maximum absolute atomic E-state index is 11.3. The molecule has 1 heterocycles. The average molecular weight is 220 g/mol. The summed E-state index contributed by atoms with van der Waals surface area (Å²) in [7, 11) is 0. The van der Waals surface area contributed by atoms with E-state index in [-0.39, 0.29) is 5.92 Å². The van der Waals surface area contributed by atoms with E-state index in [1.54, 1.807) is 0 Å². The van der Waals surface area contributed by atoms with E-state index in [1.165, 1.54) is 0 Å². The maximum Gasteiger partial charge on any atom is 0.311 e. The van der Waals surface area contributed by atoms with Crippen LogP contribution in [0.5, 0.6) is 0 Å². The Balaban J connectivity index is 2.28. The SMILES string of the molecule is Cc1cccc(C(C(=O)O)C2CCOC2)c1. The van der Waals surface area contributed by atoms with Crippen LogP contribution in [0, 0.1) is 12.8 Å². The minimum Gasteiger partial charge on any atom is -0.481 e.